The molecule has 0 aliphatic heterocycles. The van der Waals surface area contributed by atoms with Crippen molar-refractivity contribution in [2.75, 3.05) is 11.9 Å². The number of amides is 1. The highest BCUT2D eigenvalue weighted by Gasteiger charge is 2.28. The predicted molar refractivity (Wildman–Crippen MR) is 175 cm³/mol. The molecule has 0 radical (unpaired) electrons. The van der Waals surface area contributed by atoms with Crippen LogP contribution in [0.3, 0.4) is 0 Å². The summed E-state index contributed by atoms with van der Waals surface area (Å²) in [4.78, 5) is 13.6. The molecule has 10 heteroatoms. The Balaban J connectivity index is 1.24. The number of hydrogen-bond donors (Lipinski definition) is 3. The number of nitrogens with one attached hydrogen (secondary N) is 2. The summed E-state index contributed by atoms with van der Waals surface area (Å²) >= 11 is 0. The highest BCUT2D eigenvalue weighted by Crippen LogP contribution is 2.32. The Kier molecular flexibility index (Phi) is 9.99. The summed E-state index contributed by atoms with van der Waals surface area (Å²) in [5.41, 5.74) is 9.83. The quantitative estimate of drug-likeness (QED) is 0.117. The van der Waals surface area contributed by atoms with E-state index in [0.29, 0.717) is 23.9 Å². The van der Waals surface area contributed by atoms with Gasteiger partial charge in [0, 0.05) is 12.2 Å². The standard InChI is InChI=1S/C37H36F3N5O2/c38-34(36(39)40)32-20-33(45(44-32)30-11-4-8-26(18-30)21-41)37(46)43-29-10-5-9-28(19-29)35(42-22-24-12-13-24)27-14-16-31(17-15-27)47-23-25-6-2-1-3-7-25/h1-11,14-20,24,34-36,42H,12-13,21-23,41H2,(H,43,46). The first kappa shape index (κ1) is 32.0. The van der Waals surface area contributed by atoms with Crippen molar-refractivity contribution in [3.8, 4) is 11.4 Å². The van der Waals surface area contributed by atoms with Crippen LogP contribution in [-0.4, -0.2) is 28.7 Å². The topological polar surface area (TPSA) is 94.2 Å². The third-order valence-corrected chi connectivity index (χ3v) is 8.10. The van der Waals surface area contributed by atoms with E-state index in [0.717, 1.165) is 40.6 Å². The lowest BCUT2D eigenvalue weighted by molar-refractivity contribution is 0.0471. The Morgan fingerprint density at radius 3 is 2.34 bits per heavy atom. The number of halogens is 3. The zero-order valence-corrected chi connectivity index (χ0v) is 25.7. The summed E-state index contributed by atoms with van der Waals surface area (Å²) in [6.07, 6.45) is -3.54. The van der Waals surface area contributed by atoms with Gasteiger partial charge in [0.05, 0.1) is 11.7 Å². The van der Waals surface area contributed by atoms with Crippen molar-refractivity contribution in [3.05, 3.63) is 143 Å². The van der Waals surface area contributed by atoms with Crippen molar-refractivity contribution in [1.82, 2.24) is 15.1 Å². The number of carbonyl (C=O) groups is 1. The first-order valence-electron chi connectivity index (χ1n) is 15.6. The zero-order valence-electron chi connectivity index (χ0n) is 25.7. The minimum Gasteiger partial charge on any atom is -0.489 e. The lowest BCUT2D eigenvalue weighted by Crippen LogP contribution is -2.25. The van der Waals surface area contributed by atoms with Gasteiger partial charge in [-0.15, -0.1) is 0 Å². The molecule has 0 spiro atoms. The average molecular weight is 640 g/mol. The van der Waals surface area contributed by atoms with Crippen LogP contribution in [0.25, 0.3) is 5.69 Å². The van der Waals surface area contributed by atoms with Crippen molar-refractivity contribution in [3.63, 3.8) is 0 Å². The van der Waals surface area contributed by atoms with Crippen LogP contribution in [0.1, 0.15) is 63.5 Å². The number of ether oxygens (including phenoxy) is 1. The summed E-state index contributed by atoms with van der Waals surface area (Å²) in [5.74, 6) is 0.770. The second-order valence-electron chi connectivity index (χ2n) is 11.7. The number of anilines is 1. The van der Waals surface area contributed by atoms with Gasteiger partial charge in [0.2, 0.25) is 6.17 Å². The number of nitrogens with two attached hydrogens (primary N) is 1. The third kappa shape index (κ3) is 8.08. The van der Waals surface area contributed by atoms with Crippen molar-refractivity contribution in [2.45, 2.75) is 44.6 Å². The van der Waals surface area contributed by atoms with Gasteiger partial charge in [0.1, 0.15) is 23.7 Å². The van der Waals surface area contributed by atoms with Gasteiger partial charge >= 0.3 is 0 Å². The molecule has 2 unspecified atom stereocenters. The summed E-state index contributed by atoms with van der Waals surface area (Å²) < 4.78 is 48.1. The van der Waals surface area contributed by atoms with Crippen LogP contribution in [0, 0.1) is 5.92 Å². The fourth-order valence-corrected chi connectivity index (χ4v) is 5.36. The van der Waals surface area contributed by atoms with Gasteiger partial charge in [0.15, 0.2) is 0 Å². The molecule has 1 fully saturated rings. The highest BCUT2D eigenvalue weighted by atomic mass is 19.3. The molecule has 1 heterocycles. The van der Waals surface area contributed by atoms with Gasteiger partial charge in [-0.05, 0) is 90.0 Å². The molecule has 6 rings (SSSR count). The molecule has 1 aliphatic rings. The van der Waals surface area contributed by atoms with E-state index in [2.05, 4.69) is 15.7 Å². The van der Waals surface area contributed by atoms with E-state index in [9.17, 15) is 18.0 Å². The smallest absolute Gasteiger partial charge is 0.275 e. The van der Waals surface area contributed by atoms with Gasteiger partial charge in [-0.3, -0.25) is 4.79 Å². The predicted octanol–water partition coefficient (Wildman–Crippen LogP) is 7.53. The molecular weight excluding hydrogens is 603 g/mol. The Bertz CT molecular complexity index is 1790. The highest BCUT2D eigenvalue weighted by molar-refractivity contribution is 6.03. The first-order chi connectivity index (χ1) is 22.9. The minimum atomic E-state index is -3.29. The van der Waals surface area contributed by atoms with Gasteiger partial charge < -0.3 is 21.1 Å². The fourth-order valence-electron chi connectivity index (χ4n) is 5.36. The second kappa shape index (κ2) is 14.7. The van der Waals surface area contributed by atoms with E-state index < -0.39 is 24.2 Å². The van der Waals surface area contributed by atoms with Crippen molar-refractivity contribution in [2.24, 2.45) is 11.7 Å². The SMILES string of the molecule is NCc1cccc(-n2nc(C(F)C(F)F)cc2C(=O)Nc2cccc(C(NCC3CC3)c3ccc(OCc4ccccc4)cc3)c2)c1. The Morgan fingerprint density at radius 2 is 1.62 bits per heavy atom. The van der Waals surface area contributed by atoms with Gasteiger partial charge in [-0.1, -0.05) is 66.7 Å². The molecule has 2 atom stereocenters. The van der Waals surface area contributed by atoms with E-state index in [1.54, 1.807) is 30.3 Å². The van der Waals surface area contributed by atoms with Crippen LogP contribution < -0.4 is 21.1 Å². The molecule has 5 aromatic rings. The van der Waals surface area contributed by atoms with E-state index in [1.165, 1.54) is 17.5 Å². The molecule has 4 aromatic carbocycles. The Morgan fingerprint density at radius 1 is 0.872 bits per heavy atom. The maximum Gasteiger partial charge on any atom is 0.275 e. The lowest BCUT2D eigenvalue weighted by atomic mass is 9.97. The van der Waals surface area contributed by atoms with Crippen LogP contribution in [0.15, 0.2) is 109 Å². The van der Waals surface area contributed by atoms with E-state index in [1.807, 2.05) is 72.8 Å². The van der Waals surface area contributed by atoms with Crippen LogP contribution in [-0.2, 0) is 13.2 Å². The number of alkyl halides is 3. The number of carbonyl (C=O) groups excluding carboxylic acids is 1. The largest absolute Gasteiger partial charge is 0.489 e. The number of benzene rings is 4. The van der Waals surface area contributed by atoms with Gasteiger partial charge in [-0.2, -0.15) is 5.10 Å². The van der Waals surface area contributed by atoms with E-state index in [-0.39, 0.29) is 18.3 Å². The number of rotatable bonds is 14. The van der Waals surface area contributed by atoms with Crippen LogP contribution >= 0.6 is 0 Å². The van der Waals surface area contributed by atoms with Crippen molar-refractivity contribution in [1.29, 1.82) is 0 Å². The third-order valence-electron chi connectivity index (χ3n) is 8.10. The first-order valence-corrected chi connectivity index (χ1v) is 15.6. The van der Waals surface area contributed by atoms with Crippen molar-refractivity contribution >= 4 is 11.6 Å². The molecule has 47 heavy (non-hydrogen) atoms. The molecule has 1 aromatic heterocycles. The van der Waals surface area contributed by atoms with E-state index >= 15 is 0 Å². The molecular formula is C37H36F3N5O2. The molecule has 7 nitrogen and oxygen atoms in total. The summed E-state index contributed by atoms with van der Waals surface area (Å²) in [6, 6.07) is 33.1. The Hall–Kier alpha value is -4.93. The van der Waals surface area contributed by atoms with Gasteiger partial charge in [-0.25, -0.2) is 17.9 Å². The minimum absolute atomic E-state index is 0.0858. The maximum absolute atomic E-state index is 14.4. The monoisotopic (exact) mass is 639 g/mol. The summed E-state index contributed by atoms with van der Waals surface area (Å²) in [6.45, 7) is 1.54. The maximum atomic E-state index is 14.4. The van der Waals surface area contributed by atoms with Crippen LogP contribution in [0.4, 0.5) is 18.9 Å². The van der Waals surface area contributed by atoms with E-state index in [4.69, 9.17) is 10.5 Å². The normalized spacial score (nSPS) is 14.1. The van der Waals surface area contributed by atoms with Crippen LogP contribution in [0.2, 0.25) is 0 Å². The Labute approximate surface area is 271 Å². The second-order valence-corrected chi connectivity index (χ2v) is 11.7. The molecule has 1 aliphatic carbocycles. The van der Waals surface area contributed by atoms with Crippen molar-refractivity contribution < 1.29 is 22.7 Å². The van der Waals surface area contributed by atoms with Gasteiger partial charge in [0.25, 0.3) is 12.3 Å². The number of aromatic nitrogens is 2. The fraction of sp³-hybridized carbons (Fsp3) is 0.243. The zero-order chi connectivity index (χ0) is 32.8. The molecule has 1 saturated carbocycles. The number of nitrogens with zero attached hydrogens (tertiary/aromatic N) is 2. The lowest BCUT2D eigenvalue weighted by Gasteiger charge is -2.21. The molecule has 1 amide bonds. The summed E-state index contributed by atoms with van der Waals surface area (Å²) in [7, 11) is 0. The summed E-state index contributed by atoms with van der Waals surface area (Å²) in [5, 5.41) is 10.6. The molecule has 0 saturated heterocycles. The average Bonchev–Trinajstić information content (AvgIpc) is 3.82. The van der Waals surface area contributed by atoms with Crippen LogP contribution in [0.5, 0.6) is 5.75 Å². The molecule has 0 bridgehead atoms. The number of hydrogen-bond acceptors (Lipinski definition) is 5. The molecule has 4 N–H and O–H groups in total. The molecule has 242 valence electrons.